The van der Waals surface area contributed by atoms with Gasteiger partial charge in [-0.15, -0.1) is 0 Å². The number of nitrogens with one attached hydrogen (secondary N) is 1. The first-order valence-corrected chi connectivity index (χ1v) is 7.52. The zero-order valence-electron chi connectivity index (χ0n) is 11.0. The van der Waals surface area contributed by atoms with E-state index >= 15 is 0 Å². The standard InChI is InChI=1S/C14H17BrN2O3/c15-11-7-6-10(8-16-11)13(18)17-12(14(19)20)9-4-2-1-3-5-9/h6-9,12H,1-5H2,(H,17,18)(H,19,20). The molecule has 0 saturated heterocycles. The van der Waals surface area contributed by atoms with Crippen molar-refractivity contribution in [2.75, 3.05) is 0 Å². The van der Waals surface area contributed by atoms with Crippen molar-refractivity contribution in [1.29, 1.82) is 0 Å². The van der Waals surface area contributed by atoms with Crippen LogP contribution in [0.3, 0.4) is 0 Å². The molecule has 1 fully saturated rings. The van der Waals surface area contributed by atoms with Gasteiger partial charge in [0.25, 0.3) is 5.91 Å². The van der Waals surface area contributed by atoms with Gasteiger partial charge in [-0.25, -0.2) is 9.78 Å². The van der Waals surface area contributed by atoms with E-state index in [1.54, 1.807) is 12.1 Å². The Morgan fingerprint density at radius 2 is 2.00 bits per heavy atom. The number of halogens is 1. The van der Waals surface area contributed by atoms with Gasteiger partial charge >= 0.3 is 5.97 Å². The van der Waals surface area contributed by atoms with E-state index < -0.39 is 12.0 Å². The Kier molecular flexibility index (Phi) is 5.11. The minimum Gasteiger partial charge on any atom is -0.480 e. The maximum Gasteiger partial charge on any atom is 0.326 e. The van der Waals surface area contributed by atoms with Gasteiger partial charge in [0.1, 0.15) is 10.6 Å². The number of carboxylic acid groups (broad SMARTS) is 1. The molecule has 1 amide bonds. The maximum atomic E-state index is 12.1. The van der Waals surface area contributed by atoms with Crippen LogP contribution in [-0.4, -0.2) is 28.0 Å². The number of aromatic nitrogens is 1. The number of carbonyl (C=O) groups excluding carboxylic acids is 1. The number of aliphatic carboxylic acids is 1. The van der Waals surface area contributed by atoms with Crippen molar-refractivity contribution < 1.29 is 14.7 Å². The SMILES string of the molecule is O=C(NC(C(=O)O)C1CCCCC1)c1ccc(Br)nc1. The molecule has 1 aliphatic rings. The molecule has 2 rings (SSSR count). The molecule has 2 N–H and O–H groups in total. The van der Waals surface area contributed by atoms with Crippen LogP contribution in [0.4, 0.5) is 0 Å². The quantitative estimate of drug-likeness (QED) is 0.825. The molecular formula is C14H17BrN2O3. The van der Waals surface area contributed by atoms with Gasteiger partial charge in [-0.2, -0.15) is 0 Å². The molecule has 5 nitrogen and oxygen atoms in total. The van der Waals surface area contributed by atoms with E-state index in [1.165, 1.54) is 6.20 Å². The molecule has 0 bridgehead atoms. The number of pyridine rings is 1. The largest absolute Gasteiger partial charge is 0.480 e. The molecule has 0 spiro atoms. The number of nitrogens with zero attached hydrogens (tertiary/aromatic N) is 1. The van der Waals surface area contributed by atoms with Gasteiger partial charge < -0.3 is 10.4 Å². The monoisotopic (exact) mass is 340 g/mol. The molecule has 0 aromatic carbocycles. The fourth-order valence-corrected chi connectivity index (χ4v) is 2.82. The fourth-order valence-electron chi connectivity index (χ4n) is 2.58. The summed E-state index contributed by atoms with van der Waals surface area (Å²) in [6.45, 7) is 0. The third-order valence-electron chi connectivity index (χ3n) is 3.66. The van der Waals surface area contributed by atoms with Crippen molar-refractivity contribution in [2.45, 2.75) is 38.1 Å². The molecule has 0 radical (unpaired) electrons. The van der Waals surface area contributed by atoms with E-state index in [1.807, 2.05) is 0 Å². The zero-order chi connectivity index (χ0) is 14.5. The molecule has 0 aliphatic heterocycles. The van der Waals surface area contributed by atoms with Crippen LogP contribution < -0.4 is 5.32 Å². The number of amides is 1. The minimum absolute atomic E-state index is 0.0219. The highest BCUT2D eigenvalue weighted by Crippen LogP contribution is 2.26. The van der Waals surface area contributed by atoms with Crippen molar-refractivity contribution in [2.24, 2.45) is 5.92 Å². The number of hydrogen-bond donors (Lipinski definition) is 2. The third kappa shape index (κ3) is 3.79. The van der Waals surface area contributed by atoms with E-state index in [9.17, 15) is 14.7 Å². The average Bonchev–Trinajstić information content (AvgIpc) is 2.46. The van der Waals surface area contributed by atoms with Crippen molar-refractivity contribution >= 4 is 27.8 Å². The Balaban J connectivity index is 2.05. The van der Waals surface area contributed by atoms with Gasteiger partial charge in [-0.3, -0.25) is 4.79 Å². The van der Waals surface area contributed by atoms with E-state index in [0.717, 1.165) is 32.1 Å². The van der Waals surface area contributed by atoms with Gasteiger partial charge in [-0.05, 0) is 46.8 Å². The van der Waals surface area contributed by atoms with Gasteiger partial charge in [0.15, 0.2) is 0 Å². The molecule has 1 atom stereocenters. The average molecular weight is 341 g/mol. The second kappa shape index (κ2) is 6.83. The summed E-state index contributed by atoms with van der Waals surface area (Å²) in [7, 11) is 0. The smallest absolute Gasteiger partial charge is 0.326 e. The van der Waals surface area contributed by atoms with Gasteiger partial charge in [0, 0.05) is 6.20 Å². The summed E-state index contributed by atoms with van der Waals surface area (Å²) in [5.41, 5.74) is 0.371. The van der Waals surface area contributed by atoms with Crippen molar-refractivity contribution in [3.05, 3.63) is 28.5 Å². The summed E-state index contributed by atoms with van der Waals surface area (Å²) < 4.78 is 0.635. The van der Waals surface area contributed by atoms with Crippen LogP contribution in [0.1, 0.15) is 42.5 Å². The summed E-state index contributed by atoms with van der Waals surface area (Å²) in [6.07, 6.45) is 6.35. The lowest BCUT2D eigenvalue weighted by molar-refractivity contribution is -0.141. The molecular weight excluding hydrogens is 324 g/mol. The van der Waals surface area contributed by atoms with Crippen LogP contribution in [-0.2, 0) is 4.79 Å². The van der Waals surface area contributed by atoms with Gasteiger partial charge in [0.05, 0.1) is 5.56 Å². The normalized spacial score (nSPS) is 17.4. The topological polar surface area (TPSA) is 79.3 Å². The molecule has 1 aromatic heterocycles. The summed E-state index contributed by atoms with van der Waals surface area (Å²) >= 11 is 3.19. The minimum atomic E-state index is -0.963. The molecule has 1 aromatic rings. The lowest BCUT2D eigenvalue weighted by Crippen LogP contribution is -2.46. The molecule has 20 heavy (non-hydrogen) atoms. The van der Waals surface area contributed by atoms with Crippen LogP contribution in [0, 0.1) is 5.92 Å². The van der Waals surface area contributed by atoms with E-state index in [4.69, 9.17) is 0 Å². The maximum absolute atomic E-state index is 12.1. The summed E-state index contributed by atoms with van der Waals surface area (Å²) in [5.74, 6) is -1.33. The second-order valence-corrected chi connectivity index (χ2v) is 5.87. The Morgan fingerprint density at radius 1 is 1.30 bits per heavy atom. The van der Waals surface area contributed by atoms with Crippen LogP contribution in [0.5, 0.6) is 0 Å². The number of rotatable bonds is 4. The summed E-state index contributed by atoms with van der Waals surface area (Å²) in [4.78, 5) is 27.4. The fraction of sp³-hybridized carbons (Fsp3) is 0.500. The predicted molar refractivity (Wildman–Crippen MR) is 77.4 cm³/mol. The highest BCUT2D eigenvalue weighted by Gasteiger charge is 2.30. The molecule has 1 heterocycles. The zero-order valence-corrected chi connectivity index (χ0v) is 12.6. The molecule has 6 heteroatoms. The molecule has 1 saturated carbocycles. The first-order valence-electron chi connectivity index (χ1n) is 6.73. The van der Waals surface area contributed by atoms with Crippen molar-refractivity contribution in [3.8, 4) is 0 Å². The van der Waals surface area contributed by atoms with Crippen LogP contribution in [0.2, 0.25) is 0 Å². The van der Waals surface area contributed by atoms with Crippen LogP contribution in [0.15, 0.2) is 22.9 Å². The summed E-state index contributed by atoms with van der Waals surface area (Å²) in [5, 5.41) is 12.0. The van der Waals surface area contributed by atoms with Gasteiger partial charge in [0.2, 0.25) is 0 Å². The Labute approximate surface area is 125 Å². The third-order valence-corrected chi connectivity index (χ3v) is 4.13. The van der Waals surface area contributed by atoms with E-state index in [2.05, 4.69) is 26.2 Å². The van der Waals surface area contributed by atoms with E-state index in [-0.39, 0.29) is 11.8 Å². The number of hydrogen-bond acceptors (Lipinski definition) is 3. The highest BCUT2D eigenvalue weighted by atomic mass is 79.9. The first-order chi connectivity index (χ1) is 9.58. The number of carboxylic acids is 1. The second-order valence-electron chi connectivity index (χ2n) is 5.06. The summed E-state index contributed by atoms with van der Waals surface area (Å²) in [6, 6.07) is 2.46. The molecule has 1 unspecified atom stereocenters. The Bertz CT molecular complexity index is 484. The molecule has 1 aliphatic carbocycles. The lowest BCUT2D eigenvalue weighted by atomic mass is 9.84. The highest BCUT2D eigenvalue weighted by molar-refractivity contribution is 9.10. The predicted octanol–water partition coefficient (Wildman–Crippen LogP) is 2.61. The van der Waals surface area contributed by atoms with Crippen LogP contribution >= 0.6 is 15.9 Å². The lowest BCUT2D eigenvalue weighted by Gasteiger charge is -2.28. The Morgan fingerprint density at radius 3 is 2.55 bits per heavy atom. The number of carbonyl (C=O) groups is 2. The van der Waals surface area contributed by atoms with Crippen molar-refractivity contribution in [3.63, 3.8) is 0 Å². The van der Waals surface area contributed by atoms with Crippen LogP contribution in [0.25, 0.3) is 0 Å². The first kappa shape index (κ1) is 15.0. The van der Waals surface area contributed by atoms with Gasteiger partial charge in [-0.1, -0.05) is 19.3 Å². The van der Waals surface area contributed by atoms with E-state index in [0.29, 0.717) is 10.2 Å². The van der Waals surface area contributed by atoms with Crippen molar-refractivity contribution in [1.82, 2.24) is 10.3 Å². The Hall–Kier alpha value is -1.43. The molecule has 108 valence electrons.